The summed E-state index contributed by atoms with van der Waals surface area (Å²) in [4.78, 5) is 20.8. The van der Waals surface area contributed by atoms with E-state index >= 15 is 0 Å². The number of rotatable bonds is 5. The third-order valence-electron chi connectivity index (χ3n) is 5.84. The van der Waals surface area contributed by atoms with Crippen LogP contribution in [0.15, 0.2) is 36.5 Å². The van der Waals surface area contributed by atoms with Crippen LogP contribution in [0, 0.1) is 6.92 Å². The Morgan fingerprint density at radius 2 is 2.00 bits per heavy atom. The maximum absolute atomic E-state index is 13.8. The molecule has 3 heterocycles. The Morgan fingerprint density at radius 1 is 1.23 bits per heavy atom. The molecular weight excluding hydrogens is 463 g/mol. The van der Waals surface area contributed by atoms with E-state index in [-0.39, 0.29) is 30.5 Å². The Kier molecular flexibility index (Phi) is 6.75. The van der Waals surface area contributed by atoms with Gasteiger partial charge in [0.25, 0.3) is 5.91 Å². The van der Waals surface area contributed by atoms with Gasteiger partial charge in [-0.25, -0.2) is 4.98 Å². The van der Waals surface area contributed by atoms with Gasteiger partial charge in [-0.1, -0.05) is 11.6 Å². The third-order valence-corrected chi connectivity index (χ3v) is 5.84. The molecule has 1 aromatic carbocycles. The maximum atomic E-state index is 13.8. The molecule has 0 unspecified atom stereocenters. The molecule has 0 spiro atoms. The van der Waals surface area contributed by atoms with Gasteiger partial charge in [-0.2, -0.15) is 18.0 Å². The van der Waals surface area contributed by atoms with E-state index in [0.29, 0.717) is 23.5 Å². The van der Waals surface area contributed by atoms with E-state index in [9.17, 15) is 18.0 Å². The van der Waals surface area contributed by atoms with Crippen molar-refractivity contribution in [1.82, 2.24) is 30.1 Å². The summed E-state index contributed by atoms with van der Waals surface area (Å²) in [6.07, 6.45) is -4.20. The molecule has 0 radical (unpaired) electrons. The quantitative estimate of drug-likeness (QED) is 0.587. The van der Waals surface area contributed by atoms with Crippen LogP contribution in [0.3, 0.4) is 0 Å². The highest BCUT2D eigenvalue weighted by molar-refractivity contribution is 6.00. The number of alkyl halides is 3. The van der Waals surface area contributed by atoms with Gasteiger partial charge in [0.2, 0.25) is 5.82 Å². The molecule has 1 aliphatic heterocycles. The predicted molar refractivity (Wildman–Crippen MR) is 122 cm³/mol. The van der Waals surface area contributed by atoms with Crippen LogP contribution in [0.2, 0.25) is 0 Å². The van der Waals surface area contributed by atoms with E-state index in [1.54, 1.807) is 24.1 Å². The molecule has 1 N–H and O–H groups in total. The van der Waals surface area contributed by atoms with Crippen molar-refractivity contribution in [1.29, 1.82) is 0 Å². The number of benzene rings is 1. The summed E-state index contributed by atoms with van der Waals surface area (Å²) in [6, 6.07) is 7.30. The second-order valence-corrected chi connectivity index (χ2v) is 8.64. The molecule has 4 rings (SSSR count). The molecule has 0 bridgehead atoms. The van der Waals surface area contributed by atoms with Crippen LogP contribution in [-0.2, 0) is 18.0 Å². The lowest BCUT2D eigenvalue weighted by Gasteiger charge is -2.43. The van der Waals surface area contributed by atoms with Gasteiger partial charge in [0, 0.05) is 24.8 Å². The average Bonchev–Trinajstić information content (AvgIpc) is 3.23. The van der Waals surface area contributed by atoms with Crippen LogP contribution in [0.5, 0.6) is 0 Å². The molecule has 12 heteroatoms. The minimum atomic E-state index is -4.46. The van der Waals surface area contributed by atoms with E-state index in [1.165, 1.54) is 10.9 Å². The fourth-order valence-electron chi connectivity index (χ4n) is 4.13. The van der Waals surface area contributed by atoms with Gasteiger partial charge in [0.05, 0.1) is 36.4 Å². The Hall–Kier alpha value is -3.54. The molecule has 35 heavy (non-hydrogen) atoms. The van der Waals surface area contributed by atoms with Crippen molar-refractivity contribution in [2.75, 3.05) is 18.4 Å². The molecule has 2 aromatic heterocycles. The number of amides is 1. The van der Waals surface area contributed by atoms with Crippen molar-refractivity contribution in [2.45, 2.75) is 45.2 Å². The average molecular weight is 490 g/mol. The summed E-state index contributed by atoms with van der Waals surface area (Å²) in [5.41, 5.74) is 1.08. The predicted octanol–water partition coefficient (Wildman–Crippen LogP) is 3.33. The molecule has 3 aromatic rings. The van der Waals surface area contributed by atoms with Gasteiger partial charge >= 0.3 is 6.18 Å². The standard InChI is InChI=1S/C23H26F3N7O2/c1-13-5-7-17(21-29-31-32(4)30-21)18(9-13)22(34)33-12-14(2)35-15(3)19(33)11-28-20-8-6-16(10-27-20)23(24,25)26/h5-10,14-15,19H,11-12H2,1-4H3,(H,27,28)/t14-,15+,19-/m1/s1. The molecule has 3 atom stereocenters. The van der Waals surface area contributed by atoms with Crippen LogP contribution in [0.25, 0.3) is 11.4 Å². The van der Waals surface area contributed by atoms with E-state index in [4.69, 9.17) is 4.74 Å². The minimum Gasteiger partial charge on any atom is -0.372 e. The number of ether oxygens (including phenoxy) is 1. The summed E-state index contributed by atoms with van der Waals surface area (Å²) in [6.45, 7) is 6.23. The van der Waals surface area contributed by atoms with Gasteiger partial charge in [-0.3, -0.25) is 4.79 Å². The fourth-order valence-corrected chi connectivity index (χ4v) is 4.13. The second-order valence-electron chi connectivity index (χ2n) is 8.64. The van der Waals surface area contributed by atoms with Crippen LogP contribution >= 0.6 is 0 Å². The van der Waals surface area contributed by atoms with E-state index in [2.05, 4.69) is 25.7 Å². The first kappa shape index (κ1) is 24.6. The Morgan fingerprint density at radius 3 is 2.63 bits per heavy atom. The van der Waals surface area contributed by atoms with Gasteiger partial charge in [-0.15, -0.1) is 10.2 Å². The summed E-state index contributed by atoms with van der Waals surface area (Å²) >= 11 is 0. The van der Waals surface area contributed by atoms with Gasteiger partial charge in [0.1, 0.15) is 5.82 Å². The number of aryl methyl sites for hydroxylation is 2. The minimum absolute atomic E-state index is 0.197. The summed E-state index contributed by atoms with van der Waals surface area (Å²) < 4.78 is 44.5. The van der Waals surface area contributed by atoms with E-state index < -0.39 is 17.8 Å². The van der Waals surface area contributed by atoms with Crippen molar-refractivity contribution in [3.63, 3.8) is 0 Å². The van der Waals surface area contributed by atoms with Crippen LogP contribution in [0.4, 0.5) is 19.0 Å². The molecule has 186 valence electrons. The molecule has 1 aliphatic rings. The smallest absolute Gasteiger partial charge is 0.372 e. The van der Waals surface area contributed by atoms with Crippen molar-refractivity contribution in [2.24, 2.45) is 7.05 Å². The van der Waals surface area contributed by atoms with Gasteiger partial charge < -0.3 is 15.0 Å². The highest BCUT2D eigenvalue weighted by Crippen LogP contribution is 2.29. The first-order chi connectivity index (χ1) is 16.5. The zero-order valence-electron chi connectivity index (χ0n) is 19.7. The number of hydrogen-bond acceptors (Lipinski definition) is 7. The lowest BCUT2D eigenvalue weighted by atomic mass is 9.99. The second kappa shape index (κ2) is 9.61. The molecule has 1 saturated heterocycles. The van der Waals surface area contributed by atoms with E-state index in [0.717, 1.165) is 17.8 Å². The number of aromatic nitrogens is 5. The lowest BCUT2D eigenvalue weighted by molar-refractivity contribution is -0.137. The Balaban J connectivity index is 1.59. The zero-order chi connectivity index (χ0) is 25.3. The Labute approximate surface area is 200 Å². The fraction of sp³-hybridized carbons (Fsp3) is 0.435. The molecule has 1 fully saturated rings. The van der Waals surface area contributed by atoms with Gasteiger partial charge in [-0.05, 0) is 50.3 Å². The molecule has 9 nitrogen and oxygen atoms in total. The lowest BCUT2D eigenvalue weighted by Crippen LogP contribution is -2.58. The number of pyridine rings is 1. The number of hydrogen-bond donors (Lipinski definition) is 1. The van der Waals surface area contributed by atoms with Crippen LogP contribution in [0.1, 0.15) is 35.3 Å². The monoisotopic (exact) mass is 489 g/mol. The number of nitrogens with one attached hydrogen (secondary N) is 1. The molecule has 0 aliphatic carbocycles. The molecule has 0 saturated carbocycles. The summed E-state index contributed by atoms with van der Waals surface area (Å²) in [5, 5.41) is 15.2. The normalized spacial score (nSPS) is 20.7. The van der Waals surface area contributed by atoms with Crippen LogP contribution in [-0.4, -0.2) is 67.3 Å². The molecule has 1 amide bonds. The number of carbonyl (C=O) groups is 1. The first-order valence-electron chi connectivity index (χ1n) is 11.1. The van der Waals surface area contributed by atoms with Crippen molar-refractivity contribution < 1.29 is 22.7 Å². The van der Waals surface area contributed by atoms with Crippen molar-refractivity contribution in [3.05, 3.63) is 53.2 Å². The maximum Gasteiger partial charge on any atom is 0.417 e. The van der Waals surface area contributed by atoms with Crippen molar-refractivity contribution in [3.8, 4) is 11.4 Å². The zero-order valence-corrected chi connectivity index (χ0v) is 19.7. The van der Waals surface area contributed by atoms with Crippen LogP contribution < -0.4 is 5.32 Å². The largest absolute Gasteiger partial charge is 0.417 e. The number of tetrazole rings is 1. The van der Waals surface area contributed by atoms with Crippen molar-refractivity contribution >= 4 is 11.7 Å². The number of carbonyl (C=O) groups excluding carboxylic acids is 1. The number of morpholine rings is 1. The number of nitrogens with zero attached hydrogens (tertiary/aromatic N) is 6. The van der Waals surface area contributed by atoms with Gasteiger partial charge in [0.15, 0.2) is 0 Å². The third kappa shape index (κ3) is 5.42. The highest BCUT2D eigenvalue weighted by Gasteiger charge is 2.37. The SMILES string of the molecule is Cc1ccc(-c2nnn(C)n2)c(C(=O)N2C[C@@H](C)O[C@@H](C)[C@H]2CNc2ccc(C(F)(F)F)cn2)c1. The summed E-state index contributed by atoms with van der Waals surface area (Å²) in [7, 11) is 1.65. The number of halogens is 3. The van der Waals surface area contributed by atoms with E-state index in [1.807, 2.05) is 26.8 Å². The topological polar surface area (TPSA) is 98.1 Å². The summed E-state index contributed by atoms with van der Waals surface area (Å²) in [5.74, 6) is 0.399. The number of anilines is 1. The first-order valence-corrected chi connectivity index (χ1v) is 11.1. The Bertz CT molecular complexity index is 1200. The molecular formula is C23H26F3N7O2. The highest BCUT2D eigenvalue weighted by atomic mass is 19.4.